The molecule has 0 aliphatic heterocycles. The number of sulfonamides is 1. The van der Waals surface area contributed by atoms with E-state index >= 15 is 0 Å². The number of nitrogens with one attached hydrogen (secondary N) is 2. The zero-order chi connectivity index (χ0) is 14.3. The molecule has 1 aromatic rings. The third-order valence-electron chi connectivity index (χ3n) is 2.23. The number of carbonyl (C=O) groups is 1. The van der Waals surface area contributed by atoms with Crippen LogP contribution in [0.5, 0.6) is 0 Å². The molecule has 1 aromatic heterocycles. The average molecular weight is 306 g/mol. The molecule has 6 nitrogen and oxygen atoms in total. The molecule has 0 unspecified atom stereocenters. The zero-order valence-electron chi connectivity index (χ0n) is 10.5. The van der Waals surface area contributed by atoms with Gasteiger partial charge < -0.3 is 5.32 Å². The summed E-state index contributed by atoms with van der Waals surface area (Å²) in [5.74, 6) is -0.182. The van der Waals surface area contributed by atoms with E-state index in [4.69, 9.17) is 11.6 Å². The van der Waals surface area contributed by atoms with E-state index in [0.717, 1.165) is 6.42 Å². The van der Waals surface area contributed by atoms with Gasteiger partial charge in [-0.3, -0.25) is 4.79 Å². The Hall–Kier alpha value is -1.18. The van der Waals surface area contributed by atoms with Gasteiger partial charge in [-0.25, -0.2) is 18.1 Å². The predicted molar refractivity (Wildman–Crippen MR) is 72.4 cm³/mol. The number of nitrogens with zero attached hydrogens (tertiary/aromatic N) is 1. The van der Waals surface area contributed by atoms with Crippen LogP contribution in [0, 0.1) is 0 Å². The number of aromatic nitrogens is 1. The first-order valence-corrected chi connectivity index (χ1v) is 7.69. The lowest BCUT2D eigenvalue weighted by molar-refractivity contribution is -0.120. The van der Waals surface area contributed by atoms with Crippen molar-refractivity contribution in [3.05, 3.63) is 23.5 Å². The molecule has 1 heterocycles. The van der Waals surface area contributed by atoms with Gasteiger partial charge >= 0.3 is 0 Å². The van der Waals surface area contributed by atoms with Crippen molar-refractivity contribution in [2.75, 3.05) is 13.1 Å². The molecule has 0 spiro atoms. The van der Waals surface area contributed by atoms with Gasteiger partial charge in [-0.2, -0.15) is 0 Å². The van der Waals surface area contributed by atoms with Gasteiger partial charge in [-0.15, -0.1) is 0 Å². The van der Waals surface area contributed by atoms with Gasteiger partial charge in [0.05, 0.1) is 0 Å². The molecule has 0 bridgehead atoms. The summed E-state index contributed by atoms with van der Waals surface area (Å²) in [6.07, 6.45) is 2.11. The third-order valence-corrected chi connectivity index (χ3v) is 3.90. The van der Waals surface area contributed by atoms with Crippen LogP contribution in [-0.4, -0.2) is 32.4 Å². The van der Waals surface area contributed by atoms with Crippen molar-refractivity contribution in [2.45, 2.75) is 24.7 Å². The SMILES string of the molecule is CCCNC(=O)CCNS(=O)(=O)c1ccc(Cl)nc1. The molecule has 0 saturated heterocycles. The van der Waals surface area contributed by atoms with Gasteiger partial charge in [-0.1, -0.05) is 18.5 Å². The van der Waals surface area contributed by atoms with Gasteiger partial charge in [0.1, 0.15) is 10.0 Å². The van der Waals surface area contributed by atoms with E-state index in [2.05, 4.69) is 15.0 Å². The first-order valence-electron chi connectivity index (χ1n) is 5.83. The van der Waals surface area contributed by atoms with Crippen LogP contribution >= 0.6 is 11.6 Å². The summed E-state index contributed by atoms with van der Waals surface area (Å²) in [5.41, 5.74) is 0. The van der Waals surface area contributed by atoms with E-state index in [9.17, 15) is 13.2 Å². The second-order valence-electron chi connectivity index (χ2n) is 3.81. The predicted octanol–water partition coefficient (Wildman–Crippen LogP) is 0.930. The van der Waals surface area contributed by atoms with Crippen LogP contribution in [0.2, 0.25) is 5.15 Å². The molecule has 2 N–H and O–H groups in total. The second kappa shape index (κ2) is 7.42. The molecular formula is C11H16ClN3O3S. The molecule has 0 aliphatic rings. The maximum Gasteiger partial charge on any atom is 0.242 e. The molecule has 0 aliphatic carbocycles. The summed E-state index contributed by atoms with van der Waals surface area (Å²) < 4.78 is 26.0. The largest absolute Gasteiger partial charge is 0.356 e. The molecule has 0 atom stereocenters. The minimum Gasteiger partial charge on any atom is -0.356 e. The summed E-state index contributed by atoms with van der Waals surface area (Å²) >= 11 is 5.58. The van der Waals surface area contributed by atoms with Gasteiger partial charge in [0, 0.05) is 25.7 Å². The van der Waals surface area contributed by atoms with Crippen molar-refractivity contribution in [1.82, 2.24) is 15.0 Å². The molecule has 8 heteroatoms. The van der Waals surface area contributed by atoms with Crippen LogP contribution in [0.3, 0.4) is 0 Å². The highest BCUT2D eigenvalue weighted by atomic mass is 35.5. The lowest BCUT2D eigenvalue weighted by atomic mass is 10.4. The smallest absolute Gasteiger partial charge is 0.242 e. The normalized spacial score (nSPS) is 11.3. The van der Waals surface area contributed by atoms with E-state index < -0.39 is 10.0 Å². The van der Waals surface area contributed by atoms with Crippen LogP contribution in [0.1, 0.15) is 19.8 Å². The number of hydrogen-bond acceptors (Lipinski definition) is 4. The Labute approximate surface area is 117 Å². The molecule has 0 saturated carbocycles. The fraction of sp³-hybridized carbons (Fsp3) is 0.455. The van der Waals surface area contributed by atoms with Crippen LogP contribution in [0.4, 0.5) is 0 Å². The van der Waals surface area contributed by atoms with Crippen LogP contribution < -0.4 is 10.0 Å². The number of carbonyl (C=O) groups excluding carboxylic acids is 1. The molecule has 0 fully saturated rings. The monoisotopic (exact) mass is 305 g/mol. The molecule has 19 heavy (non-hydrogen) atoms. The van der Waals surface area contributed by atoms with E-state index in [1.807, 2.05) is 6.92 Å². The number of pyridine rings is 1. The Morgan fingerprint density at radius 1 is 1.37 bits per heavy atom. The second-order valence-corrected chi connectivity index (χ2v) is 5.97. The summed E-state index contributed by atoms with van der Waals surface area (Å²) in [5, 5.41) is 2.88. The van der Waals surface area contributed by atoms with E-state index in [0.29, 0.717) is 6.54 Å². The number of halogens is 1. The van der Waals surface area contributed by atoms with E-state index in [1.165, 1.54) is 18.3 Å². The van der Waals surface area contributed by atoms with E-state index in [1.54, 1.807) is 0 Å². The highest BCUT2D eigenvalue weighted by Gasteiger charge is 2.14. The summed E-state index contributed by atoms with van der Waals surface area (Å²) in [6.45, 7) is 2.57. The molecule has 1 rings (SSSR count). The zero-order valence-corrected chi connectivity index (χ0v) is 12.1. The van der Waals surface area contributed by atoms with Gasteiger partial charge in [-0.05, 0) is 18.6 Å². The van der Waals surface area contributed by atoms with Crippen molar-refractivity contribution in [1.29, 1.82) is 0 Å². The van der Waals surface area contributed by atoms with Crippen molar-refractivity contribution in [3.63, 3.8) is 0 Å². The van der Waals surface area contributed by atoms with Gasteiger partial charge in [0.25, 0.3) is 0 Å². The Morgan fingerprint density at radius 3 is 2.68 bits per heavy atom. The summed E-state index contributed by atoms with van der Waals surface area (Å²) in [7, 11) is -3.64. The highest BCUT2D eigenvalue weighted by Crippen LogP contribution is 2.10. The molecule has 1 amide bonds. The Bertz CT molecular complexity index is 516. The molecule has 106 valence electrons. The molecule has 0 aromatic carbocycles. The fourth-order valence-electron chi connectivity index (χ4n) is 1.26. The maximum absolute atomic E-state index is 11.8. The summed E-state index contributed by atoms with van der Waals surface area (Å²) in [4.78, 5) is 15.0. The maximum atomic E-state index is 11.8. The number of hydrogen-bond donors (Lipinski definition) is 2. The Balaban J connectivity index is 2.47. The topological polar surface area (TPSA) is 88.2 Å². The third kappa shape index (κ3) is 5.54. The summed E-state index contributed by atoms with van der Waals surface area (Å²) in [6, 6.07) is 2.75. The number of amides is 1. The number of rotatable bonds is 7. The minimum atomic E-state index is -3.64. The highest BCUT2D eigenvalue weighted by molar-refractivity contribution is 7.89. The van der Waals surface area contributed by atoms with Crippen molar-refractivity contribution in [3.8, 4) is 0 Å². The van der Waals surface area contributed by atoms with Crippen LogP contribution in [0.25, 0.3) is 0 Å². The Kier molecular flexibility index (Phi) is 6.20. The Morgan fingerprint density at radius 2 is 2.11 bits per heavy atom. The van der Waals surface area contributed by atoms with E-state index in [-0.39, 0.29) is 28.9 Å². The van der Waals surface area contributed by atoms with Crippen molar-refractivity contribution >= 4 is 27.5 Å². The lowest BCUT2D eigenvalue weighted by Crippen LogP contribution is -2.31. The van der Waals surface area contributed by atoms with Crippen molar-refractivity contribution < 1.29 is 13.2 Å². The minimum absolute atomic E-state index is 0.0193. The van der Waals surface area contributed by atoms with Gasteiger partial charge in [0.15, 0.2) is 0 Å². The fourth-order valence-corrected chi connectivity index (χ4v) is 2.34. The first-order chi connectivity index (χ1) is 8.95. The average Bonchev–Trinajstić information content (AvgIpc) is 2.36. The van der Waals surface area contributed by atoms with Gasteiger partial charge in [0.2, 0.25) is 15.9 Å². The quantitative estimate of drug-likeness (QED) is 0.734. The van der Waals surface area contributed by atoms with Crippen molar-refractivity contribution in [2.24, 2.45) is 0 Å². The van der Waals surface area contributed by atoms with Crippen LogP contribution in [0.15, 0.2) is 23.2 Å². The standard InChI is InChI=1S/C11H16ClN3O3S/c1-2-6-13-11(16)5-7-15-19(17,18)9-3-4-10(12)14-8-9/h3-4,8,15H,2,5-7H2,1H3,(H,13,16). The molecular weight excluding hydrogens is 290 g/mol. The van der Waals surface area contributed by atoms with Crippen LogP contribution in [-0.2, 0) is 14.8 Å². The first kappa shape index (κ1) is 15.9. The molecule has 0 radical (unpaired) electrons. The lowest BCUT2D eigenvalue weighted by Gasteiger charge is -2.06.